The van der Waals surface area contributed by atoms with Crippen molar-refractivity contribution in [2.45, 2.75) is 42.1 Å². The molecule has 0 aliphatic carbocycles. The molecule has 4 aromatic rings. The van der Waals surface area contributed by atoms with Gasteiger partial charge in [-0.1, -0.05) is 29.8 Å². The third kappa shape index (κ3) is 5.74. The quantitative estimate of drug-likeness (QED) is 0.286. The van der Waals surface area contributed by atoms with Crippen molar-refractivity contribution in [2.75, 3.05) is 9.62 Å². The average molecular weight is 584 g/mol. The van der Waals surface area contributed by atoms with Gasteiger partial charge in [-0.2, -0.15) is 8.42 Å². The average Bonchev–Trinajstić information content (AvgIpc) is 3.39. The molecule has 0 saturated carbocycles. The van der Waals surface area contributed by atoms with Gasteiger partial charge < -0.3 is 9.52 Å². The molecular weight excluding hydrogens is 562 g/mol. The Hall–Kier alpha value is -3.13. The second kappa shape index (κ2) is 9.63. The zero-order valence-electron chi connectivity index (χ0n) is 19.8. The first-order valence-electron chi connectivity index (χ1n) is 10.7. The van der Waals surface area contributed by atoms with Crippen LogP contribution in [0.25, 0.3) is 11.0 Å². The predicted molar refractivity (Wildman–Crippen MR) is 142 cm³/mol. The number of para-hydroxylation sites is 1. The van der Waals surface area contributed by atoms with Gasteiger partial charge in [-0.05, 0) is 45.0 Å². The van der Waals surface area contributed by atoms with Gasteiger partial charge in [-0.15, -0.1) is 11.3 Å². The lowest BCUT2D eigenvalue weighted by molar-refractivity contribution is 0.195. The molecule has 0 radical (unpaired) electrons. The van der Waals surface area contributed by atoms with E-state index in [0.29, 0.717) is 11.0 Å². The number of amides is 1. The SMILES string of the molecule is CC(C)(C)N(C(=O)O)c1nc(CS(=O)(=O)c2ccc(Cl)cc2NS(=O)(=O)c2cc3ccccc3o2)cs1. The Balaban J connectivity index is 1.66. The monoisotopic (exact) mass is 583 g/mol. The van der Waals surface area contributed by atoms with Gasteiger partial charge in [0.2, 0.25) is 5.09 Å². The molecule has 0 bridgehead atoms. The summed E-state index contributed by atoms with van der Waals surface area (Å²) in [5.41, 5.74) is -0.605. The van der Waals surface area contributed by atoms with Gasteiger partial charge in [0.1, 0.15) is 5.58 Å². The lowest BCUT2D eigenvalue weighted by Gasteiger charge is -2.30. The zero-order chi connectivity index (χ0) is 27.2. The Morgan fingerprint density at radius 1 is 1.14 bits per heavy atom. The van der Waals surface area contributed by atoms with Gasteiger partial charge in [0.05, 0.1) is 22.0 Å². The summed E-state index contributed by atoms with van der Waals surface area (Å²) in [5, 5.41) is 11.4. The van der Waals surface area contributed by atoms with Crippen LogP contribution in [0.1, 0.15) is 26.5 Å². The molecule has 0 aliphatic heterocycles. The van der Waals surface area contributed by atoms with E-state index in [0.717, 1.165) is 16.2 Å². The predicted octanol–water partition coefficient (Wildman–Crippen LogP) is 5.60. The van der Waals surface area contributed by atoms with Gasteiger partial charge in [0.15, 0.2) is 15.0 Å². The first-order chi connectivity index (χ1) is 17.2. The Morgan fingerprint density at radius 2 is 1.84 bits per heavy atom. The molecule has 2 aromatic heterocycles. The van der Waals surface area contributed by atoms with E-state index in [9.17, 15) is 26.7 Å². The summed E-state index contributed by atoms with van der Waals surface area (Å²) in [5.74, 6) is -0.595. The summed E-state index contributed by atoms with van der Waals surface area (Å²) < 4.78 is 60.5. The highest BCUT2D eigenvalue weighted by Gasteiger charge is 2.31. The maximum atomic E-state index is 13.3. The summed E-state index contributed by atoms with van der Waals surface area (Å²) in [6, 6.07) is 11.7. The first-order valence-corrected chi connectivity index (χ1v) is 15.1. The molecule has 10 nitrogen and oxygen atoms in total. The number of nitrogens with one attached hydrogen (secondary N) is 1. The number of rotatable bonds is 7. The fraction of sp³-hybridized carbons (Fsp3) is 0.217. The largest absolute Gasteiger partial charge is 0.465 e. The van der Waals surface area contributed by atoms with E-state index in [1.165, 1.54) is 29.6 Å². The van der Waals surface area contributed by atoms with Crippen LogP contribution in [0, 0.1) is 0 Å². The number of sulfone groups is 1. The fourth-order valence-corrected chi connectivity index (χ4v) is 7.33. The van der Waals surface area contributed by atoms with Crippen LogP contribution >= 0.6 is 22.9 Å². The van der Waals surface area contributed by atoms with Crippen molar-refractivity contribution in [3.8, 4) is 0 Å². The number of sulfonamides is 1. The number of aromatic nitrogens is 1. The molecule has 196 valence electrons. The molecule has 4 rings (SSSR count). The van der Waals surface area contributed by atoms with Crippen molar-refractivity contribution in [2.24, 2.45) is 0 Å². The number of carboxylic acid groups (broad SMARTS) is 1. The number of hydrogen-bond donors (Lipinski definition) is 2. The van der Waals surface area contributed by atoms with E-state index in [2.05, 4.69) is 9.71 Å². The van der Waals surface area contributed by atoms with Crippen LogP contribution in [-0.2, 0) is 25.6 Å². The number of halogens is 1. The molecule has 37 heavy (non-hydrogen) atoms. The number of anilines is 2. The molecule has 14 heteroatoms. The van der Waals surface area contributed by atoms with Crippen molar-refractivity contribution >= 4 is 70.7 Å². The summed E-state index contributed by atoms with van der Waals surface area (Å²) in [7, 11) is -8.45. The molecule has 0 spiro atoms. The second-order valence-electron chi connectivity index (χ2n) is 9.02. The molecule has 0 atom stereocenters. The van der Waals surface area contributed by atoms with Crippen LogP contribution in [0.2, 0.25) is 5.02 Å². The minimum Gasteiger partial charge on any atom is -0.465 e. The summed E-state index contributed by atoms with van der Waals surface area (Å²) in [6.07, 6.45) is -1.23. The highest BCUT2D eigenvalue weighted by Crippen LogP contribution is 2.33. The van der Waals surface area contributed by atoms with Crippen molar-refractivity contribution in [3.05, 3.63) is 64.6 Å². The molecule has 2 heterocycles. The van der Waals surface area contributed by atoms with Gasteiger partial charge in [-0.25, -0.2) is 23.1 Å². The smallest absolute Gasteiger partial charge is 0.414 e. The number of hydrogen-bond acceptors (Lipinski definition) is 8. The second-order valence-corrected chi connectivity index (χ2v) is 13.9. The highest BCUT2D eigenvalue weighted by molar-refractivity contribution is 7.93. The van der Waals surface area contributed by atoms with E-state index >= 15 is 0 Å². The van der Waals surface area contributed by atoms with E-state index in [1.54, 1.807) is 45.0 Å². The lowest BCUT2D eigenvalue weighted by atomic mass is 10.1. The molecule has 1 amide bonds. The summed E-state index contributed by atoms with van der Waals surface area (Å²) >= 11 is 7.04. The number of fused-ring (bicyclic) bond motifs is 1. The van der Waals surface area contributed by atoms with Crippen LogP contribution < -0.4 is 9.62 Å². The van der Waals surface area contributed by atoms with Crippen LogP contribution in [0.15, 0.2) is 68.3 Å². The Bertz CT molecular complexity index is 1670. The number of carbonyl (C=O) groups is 1. The normalized spacial score (nSPS) is 12.5. The number of thiazole rings is 1. The maximum absolute atomic E-state index is 13.3. The topological polar surface area (TPSA) is 147 Å². The Morgan fingerprint density at radius 3 is 2.49 bits per heavy atom. The van der Waals surface area contributed by atoms with Gasteiger partial charge in [-0.3, -0.25) is 4.72 Å². The summed E-state index contributed by atoms with van der Waals surface area (Å²) in [6.45, 7) is 5.06. The number of benzene rings is 2. The van der Waals surface area contributed by atoms with Crippen LogP contribution in [0.3, 0.4) is 0 Å². The van der Waals surface area contributed by atoms with Crippen molar-refractivity contribution < 1.29 is 31.2 Å². The maximum Gasteiger partial charge on any atom is 0.414 e. The molecule has 0 saturated heterocycles. The van der Waals surface area contributed by atoms with E-state index in [-0.39, 0.29) is 26.4 Å². The van der Waals surface area contributed by atoms with Crippen LogP contribution in [-0.4, -0.2) is 38.6 Å². The number of furan rings is 1. The minimum absolute atomic E-state index is 0.108. The molecule has 0 unspecified atom stereocenters. The Labute approximate surface area is 222 Å². The summed E-state index contributed by atoms with van der Waals surface area (Å²) in [4.78, 5) is 16.7. The van der Waals surface area contributed by atoms with Crippen molar-refractivity contribution in [1.29, 1.82) is 0 Å². The van der Waals surface area contributed by atoms with E-state index in [1.807, 2.05) is 0 Å². The van der Waals surface area contributed by atoms with Gasteiger partial charge in [0, 0.05) is 27.4 Å². The highest BCUT2D eigenvalue weighted by atomic mass is 35.5. The molecule has 0 aliphatic rings. The molecule has 2 aromatic carbocycles. The van der Waals surface area contributed by atoms with Crippen molar-refractivity contribution in [1.82, 2.24) is 4.98 Å². The van der Waals surface area contributed by atoms with Gasteiger partial charge in [0.25, 0.3) is 10.0 Å². The van der Waals surface area contributed by atoms with Crippen LogP contribution in [0.5, 0.6) is 0 Å². The van der Waals surface area contributed by atoms with Gasteiger partial charge >= 0.3 is 6.09 Å². The molecule has 2 N–H and O–H groups in total. The number of nitrogens with zero attached hydrogens (tertiary/aromatic N) is 2. The third-order valence-electron chi connectivity index (χ3n) is 5.12. The van der Waals surface area contributed by atoms with E-state index < -0.39 is 42.3 Å². The standard InChI is InChI=1S/C23H22ClN3O7S3/c1-23(2,3)27(22(28)29)21-25-16(12-35-21)13-36(30,31)19-9-8-15(24)11-17(19)26-37(32,33)20-10-14-6-4-5-7-18(14)34-20/h4-12,26H,13H2,1-3H3,(H,28,29). The lowest BCUT2D eigenvalue weighted by Crippen LogP contribution is -2.45. The van der Waals surface area contributed by atoms with Crippen molar-refractivity contribution in [3.63, 3.8) is 0 Å². The third-order valence-corrected chi connectivity index (χ3v) is 9.15. The Kier molecular flexibility index (Phi) is 7.01. The van der Waals surface area contributed by atoms with E-state index in [4.69, 9.17) is 16.0 Å². The molecule has 0 fully saturated rings. The minimum atomic E-state index is -4.31. The fourth-order valence-electron chi connectivity index (χ4n) is 3.53. The zero-order valence-corrected chi connectivity index (χ0v) is 23.0. The first kappa shape index (κ1) is 26.9. The van der Waals surface area contributed by atoms with Crippen LogP contribution in [0.4, 0.5) is 15.6 Å². The molecular formula is C23H22ClN3O7S3.